The Morgan fingerprint density at radius 1 is 1.38 bits per heavy atom. The molecule has 0 aliphatic rings. The van der Waals surface area contributed by atoms with Crippen LogP contribution in [0, 0.1) is 5.92 Å². The van der Waals surface area contributed by atoms with Crippen molar-refractivity contribution in [2.75, 3.05) is 5.75 Å². The summed E-state index contributed by atoms with van der Waals surface area (Å²) < 4.78 is 0. The maximum Gasteiger partial charge on any atom is 0.326 e. The van der Waals surface area contributed by atoms with Gasteiger partial charge in [-0.25, -0.2) is 4.79 Å². The van der Waals surface area contributed by atoms with Gasteiger partial charge >= 0.3 is 5.97 Å². The zero-order valence-electron chi connectivity index (χ0n) is 11.7. The van der Waals surface area contributed by atoms with Crippen molar-refractivity contribution >= 4 is 46.8 Å². The molecule has 0 aliphatic carbocycles. The lowest BCUT2D eigenvalue weighted by Gasteiger charge is -2.20. The standard InChI is InChI=1S/C14H17Cl2NO3S/c1-3-8(2)13(14(19)20)17-12(18)7-21-11-6-9(15)4-5-10(11)16/h4-6,8,13H,3,7H2,1-2H3,(H,17,18)(H,19,20)/t8?,13-/m0/s1. The van der Waals surface area contributed by atoms with Gasteiger partial charge in [0.05, 0.1) is 10.8 Å². The third kappa shape index (κ3) is 5.77. The van der Waals surface area contributed by atoms with Crippen molar-refractivity contribution in [3.8, 4) is 0 Å². The van der Waals surface area contributed by atoms with Gasteiger partial charge in [0.1, 0.15) is 6.04 Å². The summed E-state index contributed by atoms with van der Waals surface area (Å²) >= 11 is 13.1. The van der Waals surface area contributed by atoms with Crippen molar-refractivity contribution in [3.05, 3.63) is 28.2 Å². The fourth-order valence-corrected chi connectivity index (χ4v) is 2.93. The lowest BCUT2D eigenvalue weighted by Crippen LogP contribution is -2.45. The second-order valence-electron chi connectivity index (χ2n) is 4.63. The number of aliphatic carboxylic acids is 1. The fraction of sp³-hybridized carbons (Fsp3) is 0.429. The molecule has 0 aliphatic heterocycles. The fourth-order valence-electron chi connectivity index (χ4n) is 1.63. The predicted molar refractivity (Wildman–Crippen MR) is 86.2 cm³/mol. The number of hydrogen-bond donors (Lipinski definition) is 2. The second-order valence-corrected chi connectivity index (χ2v) is 6.49. The van der Waals surface area contributed by atoms with E-state index in [1.807, 2.05) is 6.92 Å². The van der Waals surface area contributed by atoms with Crippen molar-refractivity contribution in [3.63, 3.8) is 0 Å². The average Bonchev–Trinajstić information content (AvgIpc) is 2.44. The number of rotatable bonds is 7. The summed E-state index contributed by atoms with van der Waals surface area (Å²) in [7, 11) is 0. The van der Waals surface area contributed by atoms with Crippen molar-refractivity contribution in [2.24, 2.45) is 5.92 Å². The highest BCUT2D eigenvalue weighted by Crippen LogP contribution is 2.29. The molecule has 21 heavy (non-hydrogen) atoms. The maximum atomic E-state index is 11.9. The Balaban J connectivity index is 2.61. The van der Waals surface area contributed by atoms with Gasteiger partial charge in [0, 0.05) is 9.92 Å². The van der Waals surface area contributed by atoms with E-state index in [4.69, 9.17) is 28.3 Å². The minimum Gasteiger partial charge on any atom is -0.480 e. The Bertz CT molecular complexity index is 525. The molecule has 0 bridgehead atoms. The van der Waals surface area contributed by atoms with E-state index in [2.05, 4.69) is 5.32 Å². The minimum absolute atomic E-state index is 0.0836. The van der Waals surface area contributed by atoms with E-state index in [1.165, 1.54) is 11.8 Å². The van der Waals surface area contributed by atoms with Gasteiger partial charge in [-0.2, -0.15) is 0 Å². The van der Waals surface area contributed by atoms with Gasteiger partial charge in [0.15, 0.2) is 0 Å². The Morgan fingerprint density at radius 3 is 2.62 bits per heavy atom. The first kappa shape index (κ1) is 18.1. The van der Waals surface area contributed by atoms with Crippen LogP contribution in [-0.4, -0.2) is 28.8 Å². The Kier molecular flexibility index (Phi) is 7.35. The van der Waals surface area contributed by atoms with Crippen LogP contribution in [0.15, 0.2) is 23.1 Å². The molecule has 4 nitrogen and oxygen atoms in total. The molecule has 2 atom stereocenters. The number of benzene rings is 1. The van der Waals surface area contributed by atoms with Crippen LogP contribution >= 0.6 is 35.0 Å². The quantitative estimate of drug-likeness (QED) is 0.736. The molecule has 0 fully saturated rings. The molecule has 0 saturated heterocycles. The number of carbonyl (C=O) groups is 2. The third-order valence-electron chi connectivity index (χ3n) is 3.05. The summed E-state index contributed by atoms with van der Waals surface area (Å²) in [6.07, 6.45) is 0.671. The van der Waals surface area contributed by atoms with Crippen molar-refractivity contribution in [1.82, 2.24) is 5.32 Å². The van der Waals surface area contributed by atoms with Crippen molar-refractivity contribution in [2.45, 2.75) is 31.2 Å². The number of carbonyl (C=O) groups excluding carboxylic acids is 1. The summed E-state index contributed by atoms with van der Waals surface area (Å²) in [6.45, 7) is 3.67. The van der Waals surface area contributed by atoms with Crippen LogP contribution in [0.2, 0.25) is 10.0 Å². The maximum absolute atomic E-state index is 11.9. The van der Waals surface area contributed by atoms with E-state index >= 15 is 0 Å². The molecule has 116 valence electrons. The van der Waals surface area contributed by atoms with Gasteiger partial charge < -0.3 is 10.4 Å². The van der Waals surface area contributed by atoms with Crippen LogP contribution in [0.5, 0.6) is 0 Å². The number of carboxylic acids is 1. The molecular formula is C14H17Cl2NO3S. The second kappa shape index (κ2) is 8.51. The predicted octanol–water partition coefficient (Wildman–Crippen LogP) is 3.70. The molecular weight excluding hydrogens is 333 g/mol. The largest absolute Gasteiger partial charge is 0.480 e. The van der Waals surface area contributed by atoms with Crippen LogP contribution in [0.3, 0.4) is 0 Å². The normalized spacial score (nSPS) is 13.5. The lowest BCUT2D eigenvalue weighted by molar-refractivity contribution is -0.143. The molecule has 7 heteroatoms. The molecule has 1 unspecified atom stereocenters. The Labute approximate surface area is 138 Å². The molecule has 0 radical (unpaired) electrons. The minimum atomic E-state index is -1.02. The summed E-state index contributed by atoms with van der Waals surface area (Å²) in [4.78, 5) is 23.7. The van der Waals surface area contributed by atoms with Crippen molar-refractivity contribution < 1.29 is 14.7 Å². The van der Waals surface area contributed by atoms with Crippen LogP contribution in [0.1, 0.15) is 20.3 Å². The average molecular weight is 350 g/mol. The first-order valence-corrected chi connectivity index (χ1v) is 8.19. The third-order valence-corrected chi connectivity index (χ3v) is 4.78. The number of nitrogens with one attached hydrogen (secondary N) is 1. The summed E-state index contributed by atoms with van der Waals surface area (Å²) in [5.41, 5.74) is 0. The van der Waals surface area contributed by atoms with Gasteiger partial charge in [-0.15, -0.1) is 11.8 Å². The smallest absolute Gasteiger partial charge is 0.326 e. The van der Waals surface area contributed by atoms with Gasteiger partial charge in [-0.3, -0.25) is 4.79 Å². The van der Waals surface area contributed by atoms with E-state index in [9.17, 15) is 9.59 Å². The topological polar surface area (TPSA) is 66.4 Å². The molecule has 1 aromatic rings. The van der Waals surface area contributed by atoms with E-state index in [0.29, 0.717) is 21.4 Å². The molecule has 0 heterocycles. The number of thioether (sulfide) groups is 1. The monoisotopic (exact) mass is 349 g/mol. The highest BCUT2D eigenvalue weighted by Gasteiger charge is 2.25. The molecule has 0 saturated carbocycles. The van der Waals surface area contributed by atoms with Gasteiger partial charge in [-0.1, -0.05) is 43.5 Å². The summed E-state index contributed by atoms with van der Waals surface area (Å²) in [6, 6.07) is 4.12. The number of carboxylic acid groups (broad SMARTS) is 1. The van der Waals surface area contributed by atoms with Gasteiger partial charge in [-0.05, 0) is 24.1 Å². The van der Waals surface area contributed by atoms with E-state index in [-0.39, 0.29) is 17.6 Å². The molecule has 0 spiro atoms. The SMILES string of the molecule is CCC(C)[C@H](NC(=O)CSc1cc(Cl)ccc1Cl)C(=O)O. The van der Waals surface area contributed by atoms with Crippen LogP contribution in [0.4, 0.5) is 0 Å². The first-order chi connectivity index (χ1) is 9.85. The number of hydrogen-bond acceptors (Lipinski definition) is 3. The van der Waals surface area contributed by atoms with E-state index < -0.39 is 12.0 Å². The molecule has 1 rings (SSSR count). The summed E-state index contributed by atoms with van der Waals surface area (Å²) in [5.74, 6) is -1.42. The molecule has 1 amide bonds. The van der Waals surface area contributed by atoms with Gasteiger partial charge in [0.25, 0.3) is 0 Å². The van der Waals surface area contributed by atoms with E-state index in [0.717, 1.165) is 0 Å². The summed E-state index contributed by atoms with van der Waals surface area (Å²) in [5, 5.41) is 12.7. The lowest BCUT2D eigenvalue weighted by atomic mass is 9.99. The van der Waals surface area contributed by atoms with E-state index in [1.54, 1.807) is 25.1 Å². The first-order valence-electron chi connectivity index (χ1n) is 6.45. The van der Waals surface area contributed by atoms with Crippen LogP contribution < -0.4 is 5.32 Å². The highest BCUT2D eigenvalue weighted by molar-refractivity contribution is 8.00. The van der Waals surface area contributed by atoms with Crippen molar-refractivity contribution in [1.29, 1.82) is 0 Å². The zero-order valence-corrected chi connectivity index (χ0v) is 14.1. The van der Waals surface area contributed by atoms with Crippen LogP contribution in [0.25, 0.3) is 0 Å². The molecule has 2 N–H and O–H groups in total. The zero-order chi connectivity index (χ0) is 16.0. The Hall–Kier alpha value is -0.910. The highest BCUT2D eigenvalue weighted by atomic mass is 35.5. The molecule has 0 aromatic heterocycles. The number of halogens is 2. The molecule has 1 aromatic carbocycles. The van der Waals surface area contributed by atoms with Crippen LogP contribution in [-0.2, 0) is 9.59 Å². The van der Waals surface area contributed by atoms with Gasteiger partial charge in [0.2, 0.25) is 5.91 Å². The Morgan fingerprint density at radius 2 is 2.05 bits per heavy atom. The number of amides is 1.